The quantitative estimate of drug-likeness (QED) is 0.375. The van der Waals surface area contributed by atoms with Crippen LogP contribution in [0.1, 0.15) is 17.3 Å². The summed E-state index contributed by atoms with van der Waals surface area (Å²) in [5.41, 5.74) is -1.56. The second kappa shape index (κ2) is 9.15. The van der Waals surface area contributed by atoms with E-state index >= 15 is 0 Å². The van der Waals surface area contributed by atoms with Crippen molar-refractivity contribution in [2.24, 2.45) is 0 Å². The summed E-state index contributed by atoms with van der Waals surface area (Å²) in [6, 6.07) is 10.1. The number of carbonyl (C=O) groups excluding carboxylic acids is 1. The van der Waals surface area contributed by atoms with Gasteiger partial charge < -0.3 is 25.0 Å². The molecule has 0 bridgehead atoms. The molecule has 0 unspecified atom stereocenters. The van der Waals surface area contributed by atoms with Crippen molar-refractivity contribution in [3.63, 3.8) is 0 Å². The number of benzene rings is 2. The molecule has 161 valence electrons. The van der Waals surface area contributed by atoms with Gasteiger partial charge in [0, 0.05) is 72.1 Å². The molecule has 2 aromatic carbocycles. The van der Waals surface area contributed by atoms with Gasteiger partial charge in [-0.3, -0.25) is 9.59 Å². The van der Waals surface area contributed by atoms with Crippen LogP contribution in [0.15, 0.2) is 45.6 Å². The Morgan fingerprint density at radius 3 is 2.27 bits per heavy atom. The predicted octanol–water partition coefficient (Wildman–Crippen LogP) is 2.72. The van der Waals surface area contributed by atoms with E-state index in [4.69, 9.17) is 4.42 Å². The topological polar surface area (TPSA) is 135 Å². The fourth-order valence-corrected chi connectivity index (χ4v) is 3.35. The minimum Gasteiger partial charge on any atom is -0.506 e. The number of carbonyl (C=O) groups is 1. The Morgan fingerprint density at radius 1 is 1.07 bits per heavy atom. The first-order valence-electron chi connectivity index (χ1n) is 8.07. The van der Waals surface area contributed by atoms with Crippen molar-refractivity contribution >= 4 is 38.6 Å². The molecule has 0 spiro atoms. The summed E-state index contributed by atoms with van der Waals surface area (Å²) in [7, 11) is 0. The van der Waals surface area contributed by atoms with Crippen LogP contribution >= 0.6 is 0 Å². The fraction of sp³-hybridized carbons (Fsp3) is 0.158. The molecule has 0 fully saturated rings. The van der Waals surface area contributed by atoms with Gasteiger partial charge in [0.1, 0.15) is 16.9 Å². The van der Waals surface area contributed by atoms with Gasteiger partial charge in [0.2, 0.25) is 0 Å². The number of hydrogen-bond acceptors (Lipinski definition) is 4. The molecule has 0 amide bonds. The number of furan rings is 1. The van der Waals surface area contributed by atoms with Crippen LogP contribution in [0.25, 0.3) is 32.8 Å². The molecule has 11 heteroatoms. The number of nitrogens with zero attached hydrogens (tertiary/aromatic N) is 1. The van der Waals surface area contributed by atoms with E-state index in [0.29, 0.717) is 11.0 Å². The van der Waals surface area contributed by atoms with E-state index in [-0.39, 0.29) is 83.4 Å². The number of fused-ring (bicyclic) bond motifs is 5. The summed E-state index contributed by atoms with van der Waals surface area (Å²) in [6.07, 6.45) is -5.28. The Kier molecular flexibility index (Phi) is 8.00. The number of hydrogen-bond donors (Lipinski definition) is 1. The SMILES string of the molecule is CCn1c(=O)c(C(=O)C(F)(F)F)c(O)c2ccc3c4ccccc4oc3c21.O.O.[Eu]. The average Bonchev–Trinajstić information content (AvgIpc) is 3.00. The van der Waals surface area contributed by atoms with Crippen LogP contribution < -0.4 is 5.56 Å². The molecule has 0 aliphatic carbocycles. The van der Waals surface area contributed by atoms with E-state index < -0.39 is 28.8 Å². The van der Waals surface area contributed by atoms with Crippen molar-refractivity contribution in [1.29, 1.82) is 0 Å². The minimum atomic E-state index is -5.28. The molecule has 0 aliphatic rings. The maximum atomic E-state index is 12.9. The van der Waals surface area contributed by atoms with Gasteiger partial charge in [-0.25, -0.2) is 0 Å². The zero-order chi connectivity index (χ0) is 19.5. The first-order valence-corrected chi connectivity index (χ1v) is 8.07. The molecule has 7 nitrogen and oxygen atoms in total. The average molecular weight is 563 g/mol. The third-order valence-electron chi connectivity index (χ3n) is 4.54. The summed E-state index contributed by atoms with van der Waals surface area (Å²) in [5, 5.41) is 11.7. The third kappa shape index (κ3) is 3.80. The van der Waals surface area contributed by atoms with Gasteiger partial charge in [-0.2, -0.15) is 13.2 Å². The summed E-state index contributed by atoms with van der Waals surface area (Å²) in [4.78, 5) is 24.3. The number of rotatable bonds is 2. The van der Waals surface area contributed by atoms with E-state index in [1.165, 1.54) is 6.07 Å². The number of ketones is 1. The van der Waals surface area contributed by atoms with Gasteiger partial charge in [0.25, 0.3) is 11.3 Å². The fourth-order valence-electron chi connectivity index (χ4n) is 3.35. The summed E-state index contributed by atoms with van der Waals surface area (Å²) in [6.45, 7) is 1.55. The molecular weight excluding hydrogens is 547 g/mol. The zero-order valence-corrected chi connectivity index (χ0v) is 17.7. The molecule has 2 heterocycles. The van der Waals surface area contributed by atoms with Crippen molar-refractivity contribution in [1.82, 2.24) is 4.57 Å². The molecule has 5 N–H and O–H groups in total. The van der Waals surface area contributed by atoms with Crippen LogP contribution in [0.2, 0.25) is 0 Å². The summed E-state index contributed by atoms with van der Waals surface area (Å²) < 4.78 is 45.5. The van der Waals surface area contributed by atoms with E-state index in [1.807, 2.05) is 6.07 Å². The third-order valence-corrected chi connectivity index (χ3v) is 4.54. The Labute approximate surface area is 207 Å². The molecule has 2 aromatic heterocycles. The molecule has 30 heavy (non-hydrogen) atoms. The number of para-hydroxylation sites is 1. The summed E-state index contributed by atoms with van der Waals surface area (Å²) in [5.74, 6) is -3.37. The number of aryl methyl sites for hydroxylation is 1. The second-order valence-electron chi connectivity index (χ2n) is 6.04. The monoisotopic (exact) mass is 564 g/mol. The van der Waals surface area contributed by atoms with Gasteiger partial charge in [0.15, 0.2) is 5.58 Å². The Balaban J connectivity index is 0.00000150. The van der Waals surface area contributed by atoms with Crippen LogP contribution in [-0.4, -0.2) is 32.6 Å². The van der Waals surface area contributed by atoms with Gasteiger partial charge in [0.05, 0.1) is 5.52 Å². The van der Waals surface area contributed by atoms with Gasteiger partial charge >= 0.3 is 6.18 Å². The van der Waals surface area contributed by atoms with Crippen LogP contribution in [-0.2, 0) is 6.54 Å². The molecule has 1 radical (unpaired) electrons. The van der Waals surface area contributed by atoms with Crippen molar-refractivity contribution in [3.05, 3.63) is 52.3 Å². The van der Waals surface area contributed by atoms with Crippen molar-refractivity contribution in [2.75, 3.05) is 0 Å². The van der Waals surface area contributed by atoms with Crippen molar-refractivity contribution < 1.29 is 87.8 Å². The molecule has 0 aliphatic heterocycles. The molecule has 0 saturated heterocycles. The van der Waals surface area contributed by atoms with Crippen LogP contribution in [0, 0.1) is 49.4 Å². The molecule has 0 saturated carbocycles. The second-order valence-corrected chi connectivity index (χ2v) is 6.04. The molecular formula is C19H16EuF3NO6. The maximum absolute atomic E-state index is 12.9. The normalized spacial score (nSPS) is 11.1. The Bertz CT molecular complexity index is 1310. The standard InChI is InChI=1S/C19H12F3NO4.Eu.2H2O/c1-2-23-14-11(15(24)13(18(23)26)17(25)19(20,21)22)8-7-10-9-5-3-4-6-12(9)27-16(10)14;;;/h3-8,24H,2H2,1H3;;2*1H2. The summed E-state index contributed by atoms with van der Waals surface area (Å²) >= 11 is 0. The van der Waals surface area contributed by atoms with E-state index in [9.17, 15) is 27.9 Å². The van der Waals surface area contributed by atoms with Gasteiger partial charge in [-0.05, 0) is 25.1 Å². The van der Waals surface area contributed by atoms with Gasteiger partial charge in [-0.1, -0.05) is 18.2 Å². The van der Waals surface area contributed by atoms with E-state index in [0.717, 1.165) is 9.95 Å². The number of alkyl halides is 3. The van der Waals surface area contributed by atoms with E-state index in [1.54, 1.807) is 31.2 Å². The van der Waals surface area contributed by atoms with Gasteiger partial charge in [-0.15, -0.1) is 0 Å². The van der Waals surface area contributed by atoms with Crippen LogP contribution in [0.5, 0.6) is 5.75 Å². The Hall–Kier alpha value is -1.79. The first-order chi connectivity index (χ1) is 12.8. The number of pyridine rings is 1. The van der Waals surface area contributed by atoms with Crippen molar-refractivity contribution in [2.45, 2.75) is 19.6 Å². The molecule has 4 aromatic rings. The Morgan fingerprint density at radius 2 is 1.67 bits per heavy atom. The number of halogens is 3. The van der Waals surface area contributed by atoms with Crippen LogP contribution in [0.3, 0.4) is 0 Å². The number of aromatic nitrogens is 1. The van der Waals surface area contributed by atoms with E-state index in [2.05, 4.69) is 0 Å². The maximum Gasteiger partial charge on any atom is 0.455 e. The zero-order valence-electron chi connectivity index (χ0n) is 15.3. The predicted molar refractivity (Wildman–Crippen MR) is 100 cm³/mol. The van der Waals surface area contributed by atoms with Crippen LogP contribution in [0.4, 0.5) is 13.2 Å². The number of Topliss-reactive ketones (excluding diaryl/α,β-unsaturated/α-hetero) is 1. The number of aromatic hydroxyl groups is 1. The first kappa shape index (κ1) is 26.2. The van der Waals surface area contributed by atoms with Crippen molar-refractivity contribution in [3.8, 4) is 5.75 Å². The largest absolute Gasteiger partial charge is 0.506 e. The minimum absolute atomic E-state index is 0. The smallest absolute Gasteiger partial charge is 0.455 e. The molecule has 0 atom stereocenters. The molecule has 4 rings (SSSR count).